The number of methoxy groups -OCH3 is 1. The van der Waals surface area contributed by atoms with Crippen LogP contribution in [0.3, 0.4) is 0 Å². The molecule has 0 saturated heterocycles. The third kappa shape index (κ3) is 4.37. The summed E-state index contributed by atoms with van der Waals surface area (Å²) in [5.74, 6) is 0.505. The number of ketones is 1. The van der Waals surface area contributed by atoms with Crippen LogP contribution in [0.15, 0.2) is 78.9 Å². The quantitative estimate of drug-likeness (QED) is 0.589. The SMILES string of the molecule is COc1ccccc1C(CC(=O)Cc1ccc(F)cc1)c1ccccc1. The van der Waals surface area contributed by atoms with E-state index in [4.69, 9.17) is 4.74 Å². The number of rotatable bonds is 7. The standard InChI is InChI=1S/C23H21FO2/c1-26-23-10-6-5-9-21(23)22(18-7-3-2-4-8-18)16-20(25)15-17-11-13-19(24)14-12-17/h2-14,22H,15-16H2,1H3. The minimum absolute atomic E-state index is 0.0831. The van der Waals surface area contributed by atoms with Gasteiger partial charge in [-0.3, -0.25) is 4.79 Å². The fourth-order valence-corrected chi connectivity index (χ4v) is 3.18. The van der Waals surface area contributed by atoms with Gasteiger partial charge >= 0.3 is 0 Å². The Morgan fingerprint density at radius 1 is 0.923 bits per heavy atom. The minimum Gasteiger partial charge on any atom is -0.496 e. The normalized spacial score (nSPS) is 11.8. The summed E-state index contributed by atoms with van der Waals surface area (Å²) < 4.78 is 18.6. The molecule has 0 aliphatic carbocycles. The van der Waals surface area contributed by atoms with Crippen molar-refractivity contribution in [1.29, 1.82) is 0 Å². The van der Waals surface area contributed by atoms with Gasteiger partial charge in [0.1, 0.15) is 17.3 Å². The van der Waals surface area contributed by atoms with Gasteiger partial charge in [0.15, 0.2) is 0 Å². The van der Waals surface area contributed by atoms with Crippen molar-refractivity contribution in [3.63, 3.8) is 0 Å². The molecule has 3 aromatic rings. The first kappa shape index (κ1) is 17.9. The molecule has 1 unspecified atom stereocenters. The van der Waals surface area contributed by atoms with Crippen molar-refractivity contribution in [1.82, 2.24) is 0 Å². The van der Waals surface area contributed by atoms with Gasteiger partial charge in [0.25, 0.3) is 0 Å². The predicted octanol–water partition coefficient (Wildman–Crippen LogP) is 5.17. The Hall–Kier alpha value is -2.94. The smallest absolute Gasteiger partial charge is 0.138 e. The summed E-state index contributed by atoms with van der Waals surface area (Å²) in [7, 11) is 1.64. The predicted molar refractivity (Wildman–Crippen MR) is 101 cm³/mol. The highest BCUT2D eigenvalue weighted by atomic mass is 19.1. The van der Waals surface area contributed by atoms with Gasteiger partial charge < -0.3 is 4.74 Å². The molecule has 1 atom stereocenters. The van der Waals surface area contributed by atoms with E-state index in [-0.39, 0.29) is 17.5 Å². The summed E-state index contributed by atoms with van der Waals surface area (Å²) in [5, 5.41) is 0. The molecule has 0 aromatic heterocycles. The van der Waals surface area contributed by atoms with Gasteiger partial charge in [0, 0.05) is 24.3 Å². The highest BCUT2D eigenvalue weighted by Crippen LogP contribution is 2.34. The van der Waals surface area contributed by atoms with Crippen molar-refractivity contribution in [3.8, 4) is 5.75 Å². The molecule has 0 saturated carbocycles. The summed E-state index contributed by atoms with van der Waals surface area (Å²) in [6.07, 6.45) is 0.653. The van der Waals surface area contributed by atoms with E-state index in [0.29, 0.717) is 12.8 Å². The van der Waals surface area contributed by atoms with E-state index in [9.17, 15) is 9.18 Å². The van der Waals surface area contributed by atoms with Crippen molar-refractivity contribution in [3.05, 3.63) is 101 Å². The van der Waals surface area contributed by atoms with E-state index in [2.05, 4.69) is 0 Å². The second kappa shape index (κ2) is 8.43. The van der Waals surface area contributed by atoms with Crippen LogP contribution in [0.1, 0.15) is 29.0 Å². The van der Waals surface area contributed by atoms with Crippen LogP contribution < -0.4 is 4.74 Å². The fraction of sp³-hybridized carbons (Fsp3) is 0.174. The molecule has 0 radical (unpaired) electrons. The van der Waals surface area contributed by atoms with Gasteiger partial charge in [0.2, 0.25) is 0 Å². The van der Waals surface area contributed by atoms with Gasteiger partial charge in [0.05, 0.1) is 7.11 Å². The van der Waals surface area contributed by atoms with E-state index in [0.717, 1.165) is 22.4 Å². The molecule has 26 heavy (non-hydrogen) atoms. The number of hydrogen-bond acceptors (Lipinski definition) is 2. The molecule has 3 heteroatoms. The Morgan fingerprint density at radius 2 is 1.58 bits per heavy atom. The first-order chi connectivity index (χ1) is 12.7. The highest BCUT2D eigenvalue weighted by molar-refractivity contribution is 5.82. The number of Topliss-reactive ketones (excluding diaryl/α,β-unsaturated/α-hetero) is 1. The first-order valence-corrected chi connectivity index (χ1v) is 8.61. The van der Waals surface area contributed by atoms with Crippen LogP contribution in [-0.2, 0) is 11.2 Å². The molecule has 0 bridgehead atoms. The van der Waals surface area contributed by atoms with E-state index >= 15 is 0 Å². The maximum absolute atomic E-state index is 13.1. The second-order valence-corrected chi connectivity index (χ2v) is 6.25. The Morgan fingerprint density at radius 3 is 2.27 bits per heavy atom. The lowest BCUT2D eigenvalue weighted by molar-refractivity contribution is -0.118. The molecule has 3 aromatic carbocycles. The Labute approximate surface area is 153 Å². The maximum atomic E-state index is 13.1. The van der Waals surface area contributed by atoms with Gasteiger partial charge in [-0.15, -0.1) is 0 Å². The molecule has 3 rings (SSSR count). The first-order valence-electron chi connectivity index (χ1n) is 8.61. The lowest BCUT2D eigenvalue weighted by Crippen LogP contribution is -2.12. The van der Waals surface area contributed by atoms with Crippen molar-refractivity contribution in [2.24, 2.45) is 0 Å². The molecule has 0 aliphatic heterocycles. The zero-order valence-electron chi connectivity index (χ0n) is 14.7. The molecule has 0 fully saturated rings. The summed E-state index contributed by atoms with van der Waals surface area (Å²) in [4.78, 5) is 12.7. The molecular formula is C23H21FO2. The van der Waals surface area contributed by atoms with E-state index in [1.807, 2.05) is 54.6 Å². The molecule has 0 aliphatic rings. The summed E-state index contributed by atoms with van der Waals surface area (Å²) in [5.41, 5.74) is 2.89. The van der Waals surface area contributed by atoms with E-state index in [1.165, 1.54) is 12.1 Å². The average Bonchev–Trinajstić information content (AvgIpc) is 2.68. The van der Waals surface area contributed by atoms with Gasteiger partial charge in [-0.1, -0.05) is 60.7 Å². The second-order valence-electron chi connectivity index (χ2n) is 6.25. The molecular weight excluding hydrogens is 327 g/mol. The van der Waals surface area contributed by atoms with Crippen LogP contribution in [0.2, 0.25) is 0 Å². The lowest BCUT2D eigenvalue weighted by atomic mass is 9.85. The fourth-order valence-electron chi connectivity index (χ4n) is 3.18. The number of para-hydroxylation sites is 1. The highest BCUT2D eigenvalue weighted by Gasteiger charge is 2.21. The molecule has 132 valence electrons. The Bertz CT molecular complexity index is 857. The average molecular weight is 348 g/mol. The van der Waals surface area contributed by atoms with Crippen molar-refractivity contribution in [2.45, 2.75) is 18.8 Å². The number of carbonyl (C=O) groups excluding carboxylic acids is 1. The maximum Gasteiger partial charge on any atom is 0.138 e. The summed E-state index contributed by atoms with van der Waals surface area (Å²) in [6, 6.07) is 23.9. The monoisotopic (exact) mass is 348 g/mol. The van der Waals surface area contributed by atoms with Gasteiger partial charge in [-0.05, 0) is 29.3 Å². The van der Waals surface area contributed by atoms with E-state index in [1.54, 1.807) is 19.2 Å². The van der Waals surface area contributed by atoms with Crippen molar-refractivity contribution >= 4 is 5.78 Å². The minimum atomic E-state index is -0.294. The number of carbonyl (C=O) groups is 1. The number of ether oxygens (including phenoxy) is 1. The Balaban J connectivity index is 1.86. The molecule has 0 heterocycles. The lowest BCUT2D eigenvalue weighted by Gasteiger charge is -2.20. The molecule has 0 N–H and O–H groups in total. The summed E-state index contributed by atoms with van der Waals surface area (Å²) >= 11 is 0. The molecule has 0 spiro atoms. The van der Waals surface area contributed by atoms with Crippen molar-refractivity contribution in [2.75, 3.05) is 7.11 Å². The van der Waals surface area contributed by atoms with Crippen LogP contribution in [0, 0.1) is 5.82 Å². The zero-order valence-corrected chi connectivity index (χ0v) is 14.7. The van der Waals surface area contributed by atoms with Crippen LogP contribution in [0.4, 0.5) is 4.39 Å². The van der Waals surface area contributed by atoms with Crippen LogP contribution >= 0.6 is 0 Å². The van der Waals surface area contributed by atoms with Crippen molar-refractivity contribution < 1.29 is 13.9 Å². The number of halogens is 1. The largest absolute Gasteiger partial charge is 0.496 e. The topological polar surface area (TPSA) is 26.3 Å². The number of hydrogen-bond donors (Lipinski definition) is 0. The summed E-state index contributed by atoms with van der Waals surface area (Å²) in [6.45, 7) is 0. The molecule has 2 nitrogen and oxygen atoms in total. The van der Waals surface area contributed by atoms with Crippen LogP contribution in [0.25, 0.3) is 0 Å². The zero-order chi connectivity index (χ0) is 18.4. The van der Waals surface area contributed by atoms with Gasteiger partial charge in [-0.2, -0.15) is 0 Å². The molecule has 0 amide bonds. The third-order valence-electron chi connectivity index (χ3n) is 4.46. The Kier molecular flexibility index (Phi) is 5.80. The van der Waals surface area contributed by atoms with E-state index < -0.39 is 0 Å². The van der Waals surface area contributed by atoms with Crippen LogP contribution in [0.5, 0.6) is 5.75 Å². The third-order valence-corrected chi connectivity index (χ3v) is 4.46. The van der Waals surface area contributed by atoms with Gasteiger partial charge in [-0.25, -0.2) is 4.39 Å². The van der Waals surface area contributed by atoms with Crippen LogP contribution in [-0.4, -0.2) is 12.9 Å². The number of benzene rings is 3.